The second-order valence-corrected chi connectivity index (χ2v) is 5.11. The van der Waals surface area contributed by atoms with Gasteiger partial charge in [-0.05, 0) is 57.4 Å². The molecule has 3 rings (SSSR count). The summed E-state index contributed by atoms with van der Waals surface area (Å²) < 4.78 is 5.08. The highest BCUT2D eigenvalue weighted by Gasteiger charge is 2.14. The average Bonchev–Trinajstić information content (AvgIpc) is 2.43. The van der Waals surface area contributed by atoms with Crippen LogP contribution in [0, 0.1) is 0 Å². The number of benzene rings is 3. The van der Waals surface area contributed by atoms with Gasteiger partial charge < -0.3 is 4.74 Å². The number of esters is 1. The molecule has 0 radical (unpaired) electrons. The van der Waals surface area contributed by atoms with Crippen molar-refractivity contribution in [1.29, 1.82) is 0 Å². The van der Waals surface area contributed by atoms with Crippen LogP contribution in [0.2, 0.25) is 0 Å². The first kappa shape index (κ1) is 13.6. The van der Waals surface area contributed by atoms with E-state index in [0.29, 0.717) is 0 Å². The second kappa shape index (κ2) is 5.19. The molecule has 21 heavy (non-hydrogen) atoms. The fourth-order valence-electron chi connectivity index (χ4n) is 2.36. The van der Waals surface area contributed by atoms with E-state index in [0.717, 1.165) is 21.5 Å². The van der Waals surface area contributed by atoms with Gasteiger partial charge in [-0.1, -0.05) is 24.3 Å². The molecule has 0 N–H and O–H groups in total. The van der Waals surface area contributed by atoms with Crippen LogP contribution >= 0.6 is 11.6 Å². The average molecular weight is 299 g/mol. The fraction of sp³-hybridized carbons (Fsp3) is 0.0588. The van der Waals surface area contributed by atoms with Crippen LogP contribution in [0.1, 0.15) is 17.3 Å². The first-order valence-electron chi connectivity index (χ1n) is 6.39. The number of carbonyl (C=O) groups is 2. The maximum Gasteiger partial charge on any atom is 0.308 e. The maximum absolute atomic E-state index is 11.5. The van der Waals surface area contributed by atoms with Crippen molar-refractivity contribution in [2.24, 2.45) is 0 Å². The lowest BCUT2D eigenvalue weighted by atomic mass is 10.0. The molecule has 0 saturated heterocycles. The van der Waals surface area contributed by atoms with Gasteiger partial charge in [-0.25, -0.2) is 0 Å². The van der Waals surface area contributed by atoms with E-state index >= 15 is 0 Å². The van der Waals surface area contributed by atoms with Crippen LogP contribution in [0.4, 0.5) is 0 Å². The number of hydrogen-bond acceptors (Lipinski definition) is 3. The Morgan fingerprint density at radius 3 is 2.00 bits per heavy atom. The molecule has 0 amide bonds. The van der Waals surface area contributed by atoms with Gasteiger partial charge in [0.2, 0.25) is 0 Å². The number of rotatable bonds is 2. The fourth-order valence-corrected chi connectivity index (χ4v) is 2.51. The molecular weight excluding hydrogens is 288 g/mol. The van der Waals surface area contributed by atoms with Crippen LogP contribution in [0.3, 0.4) is 0 Å². The molecule has 0 saturated carbocycles. The summed E-state index contributed by atoms with van der Waals surface area (Å²) in [5.41, 5.74) is 0.189. The zero-order valence-corrected chi connectivity index (χ0v) is 12.0. The molecule has 0 fully saturated rings. The predicted molar refractivity (Wildman–Crippen MR) is 82.9 cm³/mol. The largest absolute Gasteiger partial charge is 0.426 e. The van der Waals surface area contributed by atoms with Gasteiger partial charge in [0.1, 0.15) is 5.75 Å². The second-order valence-electron chi connectivity index (χ2n) is 4.76. The zero-order valence-electron chi connectivity index (χ0n) is 11.2. The highest BCUT2D eigenvalue weighted by molar-refractivity contribution is 6.68. The Kier molecular flexibility index (Phi) is 3.35. The monoisotopic (exact) mass is 298 g/mol. The molecule has 3 nitrogen and oxygen atoms in total. The Morgan fingerprint density at radius 2 is 1.48 bits per heavy atom. The van der Waals surface area contributed by atoms with E-state index in [1.54, 1.807) is 12.1 Å². The third-order valence-electron chi connectivity index (χ3n) is 3.27. The van der Waals surface area contributed by atoms with Crippen molar-refractivity contribution in [3.8, 4) is 5.75 Å². The Morgan fingerprint density at radius 1 is 0.905 bits per heavy atom. The van der Waals surface area contributed by atoms with Gasteiger partial charge in [0.25, 0.3) is 5.24 Å². The molecule has 0 atom stereocenters. The van der Waals surface area contributed by atoms with E-state index in [1.165, 1.54) is 6.92 Å². The van der Waals surface area contributed by atoms with Gasteiger partial charge in [0.15, 0.2) is 0 Å². The van der Waals surface area contributed by atoms with Gasteiger partial charge >= 0.3 is 5.97 Å². The van der Waals surface area contributed by atoms with Crippen LogP contribution in [0.5, 0.6) is 5.75 Å². The lowest BCUT2D eigenvalue weighted by Gasteiger charge is -2.09. The van der Waals surface area contributed by atoms with Gasteiger partial charge in [-0.15, -0.1) is 0 Å². The zero-order chi connectivity index (χ0) is 15.0. The minimum absolute atomic E-state index is 0.185. The molecule has 0 aliphatic rings. The van der Waals surface area contributed by atoms with Gasteiger partial charge in [-0.3, -0.25) is 9.59 Å². The van der Waals surface area contributed by atoms with Crippen molar-refractivity contribution < 1.29 is 14.3 Å². The van der Waals surface area contributed by atoms with Gasteiger partial charge in [0.05, 0.1) is 5.56 Å². The van der Waals surface area contributed by atoms with Gasteiger partial charge in [-0.2, -0.15) is 0 Å². The molecule has 3 aromatic carbocycles. The quantitative estimate of drug-likeness (QED) is 0.307. The van der Waals surface area contributed by atoms with Crippen LogP contribution in [0.25, 0.3) is 21.5 Å². The first-order valence-corrected chi connectivity index (χ1v) is 6.77. The smallest absolute Gasteiger partial charge is 0.308 e. The molecule has 3 aromatic rings. The van der Waals surface area contributed by atoms with Crippen molar-refractivity contribution in [1.82, 2.24) is 0 Å². The van der Waals surface area contributed by atoms with Gasteiger partial charge in [0, 0.05) is 6.92 Å². The number of carbonyl (C=O) groups excluding carboxylic acids is 2. The Bertz CT molecular complexity index is 884. The summed E-state index contributed by atoms with van der Waals surface area (Å²) in [5, 5.41) is 3.24. The van der Waals surface area contributed by atoms with E-state index in [9.17, 15) is 9.59 Å². The minimum atomic E-state index is -0.652. The summed E-state index contributed by atoms with van der Waals surface area (Å²) in [6.07, 6.45) is 0. The predicted octanol–water partition coefficient (Wildman–Crippen LogP) is 4.30. The topological polar surface area (TPSA) is 43.4 Å². The van der Waals surface area contributed by atoms with E-state index < -0.39 is 11.2 Å². The van der Waals surface area contributed by atoms with E-state index in [1.807, 2.05) is 36.4 Å². The summed E-state index contributed by atoms with van der Waals surface area (Å²) >= 11 is 5.58. The standard InChI is InChI=1S/C17H11ClO3/c1-10(19)21-16-9-14-7-12-5-3-2-4-11(12)6-13(14)8-15(16)17(18)20/h2-9H,1H3. The molecule has 0 spiro atoms. The van der Waals surface area contributed by atoms with E-state index in [-0.39, 0.29) is 11.3 Å². The van der Waals surface area contributed by atoms with E-state index in [4.69, 9.17) is 16.3 Å². The molecule has 0 aliphatic carbocycles. The Balaban J connectivity index is 2.31. The van der Waals surface area contributed by atoms with Crippen LogP contribution < -0.4 is 4.74 Å². The molecule has 0 heterocycles. The minimum Gasteiger partial charge on any atom is -0.426 e. The molecule has 4 heteroatoms. The Hall–Kier alpha value is -2.39. The van der Waals surface area contributed by atoms with E-state index in [2.05, 4.69) is 0 Å². The lowest BCUT2D eigenvalue weighted by molar-refractivity contribution is -0.131. The highest BCUT2D eigenvalue weighted by Crippen LogP contribution is 2.30. The van der Waals surface area contributed by atoms with Crippen molar-refractivity contribution in [2.45, 2.75) is 6.92 Å². The summed E-state index contributed by atoms with van der Waals surface area (Å²) in [7, 11) is 0. The first-order chi connectivity index (χ1) is 10.0. The summed E-state index contributed by atoms with van der Waals surface area (Å²) in [6.45, 7) is 1.28. The molecule has 0 unspecified atom stereocenters. The molecule has 104 valence electrons. The number of ether oxygens (including phenoxy) is 1. The Labute approximate surface area is 126 Å². The third kappa shape index (κ3) is 2.60. The highest BCUT2D eigenvalue weighted by atomic mass is 35.5. The third-order valence-corrected chi connectivity index (χ3v) is 3.47. The van der Waals surface area contributed by atoms with Crippen LogP contribution in [-0.2, 0) is 4.79 Å². The van der Waals surface area contributed by atoms with Crippen molar-refractivity contribution in [2.75, 3.05) is 0 Å². The SMILES string of the molecule is CC(=O)Oc1cc2cc3ccccc3cc2cc1C(=O)Cl. The maximum atomic E-state index is 11.5. The van der Waals surface area contributed by atoms with Crippen molar-refractivity contribution >= 4 is 44.4 Å². The number of halogens is 1. The van der Waals surface area contributed by atoms with Crippen LogP contribution in [0.15, 0.2) is 48.5 Å². The molecule has 0 aromatic heterocycles. The van der Waals surface area contributed by atoms with Crippen molar-refractivity contribution in [3.63, 3.8) is 0 Å². The summed E-state index contributed by atoms with van der Waals surface area (Å²) in [6, 6.07) is 15.2. The molecular formula is C17H11ClO3. The van der Waals surface area contributed by atoms with Crippen LogP contribution in [-0.4, -0.2) is 11.2 Å². The summed E-state index contributed by atoms with van der Waals surface area (Å²) in [5.74, 6) is -0.306. The lowest BCUT2D eigenvalue weighted by Crippen LogP contribution is -2.05. The number of fused-ring (bicyclic) bond motifs is 2. The van der Waals surface area contributed by atoms with Crippen molar-refractivity contribution in [3.05, 3.63) is 54.1 Å². The number of hydrogen-bond donors (Lipinski definition) is 0. The summed E-state index contributed by atoms with van der Waals surface area (Å²) in [4.78, 5) is 22.7. The molecule has 0 aliphatic heterocycles. The normalized spacial score (nSPS) is 10.8. The molecule has 0 bridgehead atoms.